The summed E-state index contributed by atoms with van der Waals surface area (Å²) in [5, 5.41) is 9.12. The first-order chi connectivity index (χ1) is 8.79. The van der Waals surface area contributed by atoms with Crippen LogP contribution in [-0.2, 0) is 4.74 Å². The van der Waals surface area contributed by atoms with E-state index in [1.807, 2.05) is 4.90 Å². The Morgan fingerprint density at radius 3 is 3.06 bits per heavy atom. The van der Waals surface area contributed by atoms with Crippen molar-refractivity contribution in [2.24, 2.45) is 0 Å². The maximum Gasteiger partial charge on any atom is 0.293 e. The molecular weight excluding hydrogens is 234 g/mol. The first-order valence-electron chi connectivity index (χ1n) is 6.34. The molecule has 98 valence electrons. The predicted molar refractivity (Wildman–Crippen MR) is 65.8 cm³/mol. The van der Waals surface area contributed by atoms with Crippen LogP contribution in [0.4, 0.5) is 5.82 Å². The van der Waals surface area contributed by atoms with Crippen LogP contribution in [0.15, 0.2) is 17.2 Å². The number of aliphatic hydroxyl groups excluding tert-OH is 1. The Morgan fingerprint density at radius 2 is 2.33 bits per heavy atom. The van der Waals surface area contributed by atoms with Crippen molar-refractivity contribution >= 4 is 5.82 Å². The molecule has 1 aromatic rings. The quantitative estimate of drug-likeness (QED) is 0.804. The highest BCUT2D eigenvalue weighted by Gasteiger charge is 2.28. The minimum Gasteiger partial charge on any atom is -0.394 e. The molecule has 0 radical (unpaired) electrons. The fourth-order valence-corrected chi connectivity index (χ4v) is 2.29. The summed E-state index contributed by atoms with van der Waals surface area (Å²) in [6.07, 6.45) is 5.36. The zero-order chi connectivity index (χ0) is 12.5. The Labute approximate surface area is 105 Å². The topological polar surface area (TPSA) is 67.6 Å². The molecule has 1 atom stereocenters. The number of aliphatic hydroxyl groups is 1. The highest BCUT2D eigenvalue weighted by atomic mass is 16.5. The van der Waals surface area contributed by atoms with Gasteiger partial charge in [-0.25, -0.2) is 4.98 Å². The summed E-state index contributed by atoms with van der Waals surface area (Å²) in [7, 11) is 0. The fraction of sp³-hybridized carbons (Fsp3) is 0.667. The third-order valence-corrected chi connectivity index (χ3v) is 3.43. The SMILES string of the molecule is O=c1c(N2CCOC(CO)C2)nccn1C1CC1. The van der Waals surface area contributed by atoms with Crippen molar-refractivity contribution < 1.29 is 9.84 Å². The van der Waals surface area contributed by atoms with Crippen molar-refractivity contribution in [3.05, 3.63) is 22.7 Å². The first-order valence-corrected chi connectivity index (χ1v) is 6.34. The van der Waals surface area contributed by atoms with Gasteiger partial charge in [0.15, 0.2) is 5.82 Å². The highest BCUT2D eigenvalue weighted by molar-refractivity contribution is 5.36. The van der Waals surface area contributed by atoms with Gasteiger partial charge in [0.1, 0.15) is 0 Å². The fourth-order valence-electron chi connectivity index (χ4n) is 2.29. The third-order valence-electron chi connectivity index (χ3n) is 3.43. The van der Waals surface area contributed by atoms with Crippen LogP contribution in [0.5, 0.6) is 0 Å². The second kappa shape index (κ2) is 4.70. The van der Waals surface area contributed by atoms with Crippen LogP contribution in [-0.4, -0.2) is 47.1 Å². The van der Waals surface area contributed by atoms with Gasteiger partial charge in [-0.2, -0.15) is 0 Å². The molecule has 0 aromatic carbocycles. The van der Waals surface area contributed by atoms with E-state index in [-0.39, 0.29) is 18.3 Å². The Hall–Kier alpha value is -1.40. The molecule has 1 aromatic heterocycles. The van der Waals surface area contributed by atoms with Crippen molar-refractivity contribution in [1.29, 1.82) is 0 Å². The zero-order valence-electron chi connectivity index (χ0n) is 10.2. The molecule has 0 bridgehead atoms. The molecule has 2 fully saturated rings. The molecule has 2 aliphatic rings. The van der Waals surface area contributed by atoms with Crippen LogP contribution in [0, 0.1) is 0 Å². The molecule has 0 amide bonds. The summed E-state index contributed by atoms with van der Waals surface area (Å²) in [4.78, 5) is 18.4. The molecule has 1 N–H and O–H groups in total. The summed E-state index contributed by atoms with van der Waals surface area (Å²) in [6, 6.07) is 0.355. The molecule has 1 saturated carbocycles. The van der Waals surface area contributed by atoms with Crippen LogP contribution in [0.3, 0.4) is 0 Å². The van der Waals surface area contributed by atoms with Gasteiger partial charge in [0.2, 0.25) is 0 Å². The van der Waals surface area contributed by atoms with Crippen molar-refractivity contribution in [3.63, 3.8) is 0 Å². The third kappa shape index (κ3) is 2.13. The minimum absolute atomic E-state index is 0.0276. The maximum atomic E-state index is 12.3. The minimum atomic E-state index is -0.227. The second-order valence-electron chi connectivity index (χ2n) is 4.82. The smallest absolute Gasteiger partial charge is 0.293 e. The van der Waals surface area contributed by atoms with Gasteiger partial charge in [-0.1, -0.05) is 0 Å². The van der Waals surface area contributed by atoms with Gasteiger partial charge in [0.25, 0.3) is 5.56 Å². The number of ether oxygens (including phenoxy) is 1. The summed E-state index contributed by atoms with van der Waals surface area (Å²) in [5.41, 5.74) is -0.0291. The Balaban J connectivity index is 1.87. The molecule has 6 heteroatoms. The van der Waals surface area contributed by atoms with Gasteiger partial charge in [-0.05, 0) is 12.8 Å². The molecular formula is C12H17N3O3. The molecule has 1 unspecified atom stereocenters. The van der Waals surface area contributed by atoms with E-state index in [4.69, 9.17) is 9.84 Å². The van der Waals surface area contributed by atoms with E-state index in [2.05, 4.69) is 4.98 Å². The summed E-state index contributed by atoms with van der Waals surface area (Å²) < 4.78 is 7.15. The van der Waals surface area contributed by atoms with E-state index in [1.165, 1.54) is 0 Å². The van der Waals surface area contributed by atoms with Gasteiger partial charge in [0, 0.05) is 31.5 Å². The van der Waals surface area contributed by atoms with Crippen LogP contribution >= 0.6 is 0 Å². The lowest BCUT2D eigenvalue weighted by Gasteiger charge is -2.32. The van der Waals surface area contributed by atoms with Gasteiger partial charge in [-0.3, -0.25) is 4.79 Å². The van der Waals surface area contributed by atoms with Gasteiger partial charge in [-0.15, -0.1) is 0 Å². The molecule has 3 rings (SSSR count). The van der Waals surface area contributed by atoms with E-state index in [9.17, 15) is 4.79 Å². The Morgan fingerprint density at radius 1 is 1.50 bits per heavy atom. The Kier molecular flexibility index (Phi) is 3.05. The number of morpholine rings is 1. The van der Waals surface area contributed by atoms with E-state index >= 15 is 0 Å². The van der Waals surface area contributed by atoms with Gasteiger partial charge in [0.05, 0.1) is 19.3 Å². The number of anilines is 1. The number of rotatable bonds is 3. The van der Waals surface area contributed by atoms with Crippen LogP contribution in [0.1, 0.15) is 18.9 Å². The molecule has 1 saturated heterocycles. The van der Waals surface area contributed by atoms with E-state index in [0.717, 1.165) is 12.8 Å². The van der Waals surface area contributed by atoms with Crippen molar-refractivity contribution in [2.75, 3.05) is 31.2 Å². The molecule has 18 heavy (non-hydrogen) atoms. The highest BCUT2D eigenvalue weighted by Crippen LogP contribution is 2.33. The summed E-state index contributed by atoms with van der Waals surface area (Å²) >= 11 is 0. The molecule has 1 aliphatic carbocycles. The lowest BCUT2D eigenvalue weighted by molar-refractivity contribution is 0.00326. The van der Waals surface area contributed by atoms with E-state index < -0.39 is 0 Å². The number of nitrogens with zero attached hydrogens (tertiary/aromatic N) is 3. The molecule has 1 aliphatic heterocycles. The molecule has 2 heterocycles. The standard InChI is InChI=1S/C12H17N3O3/c16-8-10-7-14(5-6-18-10)11-12(17)15(4-3-13-11)9-1-2-9/h3-4,9-10,16H,1-2,5-8H2. The average molecular weight is 251 g/mol. The number of aromatic nitrogens is 2. The van der Waals surface area contributed by atoms with Crippen molar-refractivity contribution in [3.8, 4) is 0 Å². The second-order valence-corrected chi connectivity index (χ2v) is 4.82. The Bertz CT molecular complexity index is 484. The van der Waals surface area contributed by atoms with Crippen LogP contribution in [0.2, 0.25) is 0 Å². The predicted octanol–water partition coefficient (Wildman–Crippen LogP) is -0.224. The lowest BCUT2D eigenvalue weighted by Crippen LogP contribution is -2.46. The van der Waals surface area contributed by atoms with Crippen LogP contribution in [0.25, 0.3) is 0 Å². The van der Waals surface area contributed by atoms with Crippen LogP contribution < -0.4 is 10.5 Å². The van der Waals surface area contributed by atoms with Crippen molar-refractivity contribution in [2.45, 2.75) is 25.0 Å². The van der Waals surface area contributed by atoms with E-state index in [1.54, 1.807) is 17.0 Å². The van der Waals surface area contributed by atoms with E-state index in [0.29, 0.717) is 31.6 Å². The molecule has 6 nitrogen and oxygen atoms in total. The monoisotopic (exact) mass is 251 g/mol. The number of hydrogen-bond acceptors (Lipinski definition) is 5. The summed E-state index contributed by atoms with van der Waals surface area (Å²) in [5.74, 6) is 0.478. The first kappa shape index (κ1) is 11.7. The normalized spacial score (nSPS) is 24.3. The van der Waals surface area contributed by atoms with Gasteiger partial charge >= 0.3 is 0 Å². The van der Waals surface area contributed by atoms with Crippen molar-refractivity contribution in [1.82, 2.24) is 9.55 Å². The lowest BCUT2D eigenvalue weighted by atomic mass is 10.3. The number of hydrogen-bond donors (Lipinski definition) is 1. The van der Waals surface area contributed by atoms with Gasteiger partial charge < -0.3 is 19.3 Å². The average Bonchev–Trinajstić information content (AvgIpc) is 3.23. The maximum absolute atomic E-state index is 12.3. The molecule has 0 spiro atoms. The summed E-state index contributed by atoms with van der Waals surface area (Å²) in [6.45, 7) is 1.66. The largest absolute Gasteiger partial charge is 0.394 e. The zero-order valence-corrected chi connectivity index (χ0v) is 10.2.